The summed E-state index contributed by atoms with van der Waals surface area (Å²) in [7, 11) is 1.64. The molecule has 0 saturated carbocycles. The first-order valence-electron chi connectivity index (χ1n) is 11.0. The molecule has 0 radical (unpaired) electrons. The van der Waals surface area contributed by atoms with E-state index < -0.39 is 12.0 Å². The second kappa shape index (κ2) is 10.2. The zero-order valence-corrected chi connectivity index (χ0v) is 20.2. The Morgan fingerprint density at radius 3 is 2.73 bits per heavy atom. The molecule has 1 unspecified atom stereocenters. The lowest BCUT2D eigenvalue weighted by molar-refractivity contribution is -0.242. The fraction of sp³-hybridized carbons (Fsp3) is 0.545. The first-order chi connectivity index (χ1) is 15.8. The molecule has 3 aromatic rings. The molecule has 10 nitrogen and oxygen atoms in total. The molecule has 0 spiro atoms. The van der Waals surface area contributed by atoms with Crippen molar-refractivity contribution in [2.75, 3.05) is 30.8 Å². The van der Waals surface area contributed by atoms with Gasteiger partial charge in [-0.2, -0.15) is 4.98 Å². The predicted octanol–water partition coefficient (Wildman–Crippen LogP) is 3.34. The normalized spacial score (nSPS) is 16.8. The van der Waals surface area contributed by atoms with E-state index >= 15 is 0 Å². The number of hydrogen-bond acceptors (Lipinski definition) is 11. The van der Waals surface area contributed by atoms with Crippen molar-refractivity contribution in [3.05, 3.63) is 30.1 Å². The lowest BCUT2D eigenvalue weighted by atomic mass is 10.1. The maximum absolute atomic E-state index is 10.3. The number of likely N-dealkylation sites (tertiary alicyclic amines) is 1. The molecular weight excluding hydrogens is 442 g/mol. The number of hydrogen-bond donors (Lipinski definition) is 3. The third-order valence-corrected chi connectivity index (χ3v) is 6.00. The van der Waals surface area contributed by atoms with Gasteiger partial charge < -0.3 is 25.2 Å². The molecule has 3 N–H and O–H groups in total. The minimum atomic E-state index is -0.897. The average molecular weight is 474 g/mol. The van der Waals surface area contributed by atoms with Crippen molar-refractivity contribution in [1.29, 1.82) is 0 Å². The number of anilines is 3. The van der Waals surface area contributed by atoms with Crippen LogP contribution in [-0.2, 0) is 16.1 Å². The quantitative estimate of drug-likeness (QED) is 0.420. The summed E-state index contributed by atoms with van der Waals surface area (Å²) < 4.78 is 11.0. The van der Waals surface area contributed by atoms with E-state index in [1.165, 1.54) is 11.3 Å². The highest BCUT2D eigenvalue weighted by atomic mass is 32.1. The summed E-state index contributed by atoms with van der Waals surface area (Å²) in [6, 6.07) is 5.86. The number of nitrogens with zero attached hydrogens (tertiary/aromatic N) is 5. The van der Waals surface area contributed by atoms with E-state index in [9.17, 15) is 5.11 Å². The molecule has 1 atom stereocenters. The summed E-state index contributed by atoms with van der Waals surface area (Å²) in [6.45, 7) is 7.62. The number of ether oxygens (including phenoxy) is 2. The number of rotatable bonds is 8. The number of nitrogens with one attached hydrogen (secondary N) is 2. The molecular formula is C22H31N7O3S. The molecule has 0 amide bonds. The Morgan fingerprint density at radius 1 is 1.24 bits per heavy atom. The van der Waals surface area contributed by atoms with Crippen LogP contribution in [0.1, 0.15) is 39.3 Å². The summed E-state index contributed by atoms with van der Waals surface area (Å²) in [5.41, 5.74) is 1.22. The topological polar surface area (TPSA) is 118 Å². The summed E-state index contributed by atoms with van der Waals surface area (Å²) in [5, 5.41) is 17.8. The van der Waals surface area contributed by atoms with Crippen LogP contribution in [0.5, 0.6) is 0 Å². The van der Waals surface area contributed by atoms with Crippen LogP contribution in [0.3, 0.4) is 0 Å². The van der Waals surface area contributed by atoms with E-state index in [1.54, 1.807) is 13.3 Å². The third-order valence-electron chi connectivity index (χ3n) is 5.11. The Balaban J connectivity index is 1.41. The molecule has 3 aromatic heterocycles. The van der Waals surface area contributed by atoms with E-state index in [-0.39, 0.29) is 6.04 Å². The van der Waals surface area contributed by atoms with Gasteiger partial charge in [0.15, 0.2) is 5.13 Å². The number of fused-ring (bicyclic) bond motifs is 1. The molecule has 11 heteroatoms. The summed E-state index contributed by atoms with van der Waals surface area (Å²) in [4.78, 5) is 21.0. The number of methoxy groups -OCH3 is 1. The van der Waals surface area contributed by atoms with Crippen molar-refractivity contribution >= 4 is 38.6 Å². The fourth-order valence-electron chi connectivity index (χ4n) is 3.62. The molecule has 0 bridgehead atoms. The molecule has 1 fully saturated rings. The van der Waals surface area contributed by atoms with Crippen LogP contribution < -0.4 is 10.6 Å². The van der Waals surface area contributed by atoms with Gasteiger partial charge in [-0.25, -0.2) is 15.0 Å². The molecule has 1 aliphatic rings. The second-order valence-electron chi connectivity index (χ2n) is 8.98. The summed E-state index contributed by atoms with van der Waals surface area (Å²) in [6.07, 6.45) is 2.54. The maximum atomic E-state index is 10.3. The van der Waals surface area contributed by atoms with E-state index in [4.69, 9.17) is 9.47 Å². The van der Waals surface area contributed by atoms with Gasteiger partial charge in [0, 0.05) is 38.5 Å². The highest BCUT2D eigenvalue weighted by Gasteiger charge is 2.27. The van der Waals surface area contributed by atoms with Crippen molar-refractivity contribution in [3.8, 4) is 0 Å². The average Bonchev–Trinajstić information content (AvgIpc) is 3.15. The smallest absolute Gasteiger partial charge is 0.225 e. The van der Waals surface area contributed by atoms with Gasteiger partial charge in [0.1, 0.15) is 16.2 Å². The van der Waals surface area contributed by atoms with Crippen molar-refractivity contribution in [2.24, 2.45) is 0 Å². The van der Waals surface area contributed by atoms with Crippen LogP contribution in [-0.4, -0.2) is 68.2 Å². The van der Waals surface area contributed by atoms with Crippen molar-refractivity contribution in [1.82, 2.24) is 24.8 Å². The standard InChI is InChI=1S/C22H31N7O3S/c1-22(2,3)32-21(30)29-10-7-14(8-11-29)24-19-25-15(13-31-4)12-17(27-19)28-20-26-16-6-5-9-23-18(16)33-20/h5-6,9,12,14,21,30H,7-8,10-11,13H2,1-4H3,(H2,24,25,26,27,28). The molecule has 1 aliphatic heterocycles. The summed E-state index contributed by atoms with van der Waals surface area (Å²) in [5.74, 6) is 1.18. The Morgan fingerprint density at radius 2 is 2.03 bits per heavy atom. The summed E-state index contributed by atoms with van der Waals surface area (Å²) >= 11 is 1.47. The SMILES string of the molecule is COCc1cc(Nc2nc3cccnc3s2)nc(NC2CCN(C(O)OC(C)(C)C)CC2)n1. The van der Waals surface area contributed by atoms with Gasteiger partial charge in [-0.1, -0.05) is 11.3 Å². The van der Waals surface area contributed by atoms with Crippen molar-refractivity contribution in [3.63, 3.8) is 0 Å². The Labute approximate surface area is 197 Å². The minimum absolute atomic E-state index is 0.195. The third kappa shape index (κ3) is 6.55. The van der Waals surface area contributed by atoms with Crippen LogP contribution in [0.4, 0.5) is 16.9 Å². The number of aliphatic hydroxyl groups excluding tert-OH is 1. The molecule has 0 aromatic carbocycles. The molecule has 0 aliphatic carbocycles. The van der Waals surface area contributed by atoms with Crippen LogP contribution in [0.15, 0.2) is 24.4 Å². The molecule has 4 rings (SSSR count). The number of aliphatic hydroxyl groups is 1. The van der Waals surface area contributed by atoms with E-state index in [0.29, 0.717) is 18.4 Å². The predicted molar refractivity (Wildman–Crippen MR) is 129 cm³/mol. The van der Waals surface area contributed by atoms with Gasteiger partial charge in [-0.15, -0.1) is 0 Å². The maximum Gasteiger partial charge on any atom is 0.225 e. The van der Waals surface area contributed by atoms with Crippen molar-refractivity contribution < 1.29 is 14.6 Å². The molecule has 178 valence electrons. The van der Waals surface area contributed by atoms with Crippen LogP contribution in [0.25, 0.3) is 10.3 Å². The lowest BCUT2D eigenvalue weighted by Gasteiger charge is -2.37. The van der Waals surface area contributed by atoms with E-state index in [2.05, 4.69) is 30.6 Å². The van der Waals surface area contributed by atoms with E-state index in [0.717, 1.165) is 47.1 Å². The fourth-order valence-corrected chi connectivity index (χ4v) is 4.43. The molecule has 4 heterocycles. The number of aromatic nitrogens is 4. The Bertz CT molecular complexity index is 1030. The van der Waals surface area contributed by atoms with Gasteiger partial charge in [0.2, 0.25) is 12.4 Å². The Hall–Kier alpha value is -2.44. The minimum Gasteiger partial charge on any atom is -0.378 e. The van der Waals surface area contributed by atoms with Gasteiger partial charge in [-0.3, -0.25) is 4.90 Å². The second-order valence-corrected chi connectivity index (χ2v) is 9.96. The van der Waals surface area contributed by atoms with Gasteiger partial charge in [0.05, 0.1) is 17.9 Å². The van der Waals surface area contributed by atoms with Crippen LogP contribution in [0, 0.1) is 0 Å². The zero-order chi connectivity index (χ0) is 23.4. The number of piperidine rings is 1. The van der Waals surface area contributed by atoms with Crippen LogP contribution in [0.2, 0.25) is 0 Å². The van der Waals surface area contributed by atoms with Crippen molar-refractivity contribution in [2.45, 2.75) is 58.3 Å². The number of pyridine rings is 1. The van der Waals surface area contributed by atoms with Crippen LogP contribution >= 0.6 is 11.3 Å². The highest BCUT2D eigenvalue weighted by molar-refractivity contribution is 7.21. The van der Waals surface area contributed by atoms with Gasteiger partial charge >= 0.3 is 0 Å². The first-order valence-corrected chi connectivity index (χ1v) is 11.8. The van der Waals surface area contributed by atoms with Gasteiger partial charge in [0.25, 0.3) is 0 Å². The first kappa shape index (κ1) is 23.7. The highest BCUT2D eigenvalue weighted by Crippen LogP contribution is 2.27. The largest absolute Gasteiger partial charge is 0.378 e. The van der Waals surface area contributed by atoms with Gasteiger partial charge in [-0.05, 0) is 45.7 Å². The monoisotopic (exact) mass is 473 g/mol. The Kier molecular flexibility index (Phi) is 7.35. The zero-order valence-electron chi connectivity index (χ0n) is 19.4. The molecule has 1 saturated heterocycles. The number of thiazole rings is 1. The lowest BCUT2D eigenvalue weighted by Crippen LogP contribution is -2.48. The van der Waals surface area contributed by atoms with E-state index in [1.807, 2.05) is 43.9 Å². The molecule has 33 heavy (non-hydrogen) atoms.